The summed E-state index contributed by atoms with van der Waals surface area (Å²) in [5.41, 5.74) is 0. The predicted molar refractivity (Wildman–Crippen MR) is 38.3 cm³/mol. The molecule has 1 rings (SSSR count). The Balaban J connectivity index is 2.66. The van der Waals surface area contributed by atoms with Crippen LogP contribution in [0.1, 0.15) is 25.7 Å². The van der Waals surface area contributed by atoms with E-state index >= 15 is 0 Å². The molecule has 1 fully saturated rings. The van der Waals surface area contributed by atoms with Gasteiger partial charge in [-0.2, -0.15) is 8.78 Å². The summed E-state index contributed by atoms with van der Waals surface area (Å²) in [6.45, 7) is 0. The molecule has 1 aliphatic carbocycles. The van der Waals surface area contributed by atoms with Crippen molar-refractivity contribution < 1.29 is 18.3 Å². The molecule has 0 radical (unpaired) electrons. The summed E-state index contributed by atoms with van der Waals surface area (Å²) in [5, 5.41) is 9.18. The van der Waals surface area contributed by atoms with Crippen LogP contribution >= 0.6 is 0 Å². The van der Waals surface area contributed by atoms with Crippen LogP contribution in [0.15, 0.2) is 11.9 Å². The third-order valence-corrected chi connectivity index (χ3v) is 2.24. The van der Waals surface area contributed by atoms with E-state index in [9.17, 15) is 18.3 Å². The van der Waals surface area contributed by atoms with Crippen LogP contribution in [0.4, 0.5) is 13.2 Å². The van der Waals surface area contributed by atoms with Gasteiger partial charge in [0.1, 0.15) is 0 Å². The number of rotatable bonds is 1. The first kappa shape index (κ1) is 9.58. The van der Waals surface area contributed by atoms with Crippen LogP contribution in [0.25, 0.3) is 0 Å². The highest BCUT2D eigenvalue weighted by Crippen LogP contribution is 2.32. The molecule has 0 aliphatic heterocycles. The van der Waals surface area contributed by atoms with E-state index in [2.05, 4.69) is 0 Å². The Hall–Kier alpha value is -0.510. The van der Waals surface area contributed by atoms with Crippen molar-refractivity contribution in [2.24, 2.45) is 5.92 Å². The maximum absolute atomic E-state index is 12.6. The lowest BCUT2D eigenvalue weighted by molar-refractivity contribution is 0.0720. The van der Waals surface area contributed by atoms with E-state index in [1.54, 1.807) is 0 Å². The maximum Gasteiger partial charge on any atom is 0.301 e. The molecule has 0 spiro atoms. The average Bonchev–Trinajstić information content (AvgIpc) is 2.04. The molecule has 2 unspecified atom stereocenters. The average molecular weight is 180 g/mol. The van der Waals surface area contributed by atoms with E-state index in [0.717, 1.165) is 6.42 Å². The zero-order chi connectivity index (χ0) is 9.14. The van der Waals surface area contributed by atoms with E-state index in [1.807, 2.05) is 0 Å². The van der Waals surface area contributed by atoms with Crippen molar-refractivity contribution in [3.8, 4) is 0 Å². The van der Waals surface area contributed by atoms with Gasteiger partial charge in [0.05, 0.1) is 6.10 Å². The second-order valence-corrected chi connectivity index (χ2v) is 3.07. The highest BCUT2D eigenvalue weighted by atomic mass is 19.3. The van der Waals surface area contributed by atoms with Gasteiger partial charge in [-0.1, -0.05) is 12.8 Å². The second kappa shape index (κ2) is 3.94. The molecule has 1 aliphatic rings. The smallest absolute Gasteiger partial charge is 0.301 e. The summed E-state index contributed by atoms with van der Waals surface area (Å²) in [6, 6.07) is 0. The molecule has 4 heteroatoms. The fourth-order valence-electron chi connectivity index (χ4n) is 1.55. The molecule has 1 N–H and O–H groups in total. The molecule has 0 bridgehead atoms. The molecule has 70 valence electrons. The van der Waals surface area contributed by atoms with Crippen LogP contribution in [-0.4, -0.2) is 11.2 Å². The molecule has 0 aromatic heterocycles. The van der Waals surface area contributed by atoms with Crippen LogP contribution in [0, 0.1) is 5.92 Å². The summed E-state index contributed by atoms with van der Waals surface area (Å²) in [4.78, 5) is 0. The molecule has 1 nitrogen and oxygen atoms in total. The van der Waals surface area contributed by atoms with E-state index < -0.39 is 23.9 Å². The summed E-state index contributed by atoms with van der Waals surface area (Å²) in [5.74, 6) is -2.40. The molecule has 1 saturated carbocycles. The van der Waals surface area contributed by atoms with Gasteiger partial charge >= 0.3 is 6.08 Å². The number of aliphatic hydroxyl groups excluding tert-OH is 1. The van der Waals surface area contributed by atoms with Gasteiger partial charge in [-0.05, 0) is 12.8 Å². The van der Waals surface area contributed by atoms with Crippen LogP contribution in [-0.2, 0) is 0 Å². The zero-order valence-electron chi connectivity index (χ0n) is 6.56. The van der Waals surface area contributed by atoms with Crippen molar-refractivity contribution in [2.45, 2.75) is 31.8 Å². The minimum atomic E-state index is -2.29. The van der Waals surface area contributed by atoms with Crippen molar-refractivity contribution in [2.75, 3.05) is 0 Å². The van der Waals surface area contributed by atoms with E-state index in [1.165, 1.54) is 0 Å². The predicted octanol–water partition coefficient (Wildman–Crippen LogP) is 2.62. The topological polar surface area (TPSA) is 20.2 Å². The quantitative estimate of drug-likeness (QED) is 0.657. The van der Waals surface area contributed by atoms with E-state index in [0.29, 0.717) is 19.3 Å². The lowest BCUT2D eigenvalue weighted by Crippen LogP contribution is -2.25. The fourth-order valence-corrected chi connectivity index (χ4v) is 1.55. The van der Waals surface area contributed by atoms with Gasteiger partial charge in [0.2, 0.25) is 0 Å². The summed E-state index contributed by atoms with van der Waals surface area (Å²) >= 11 is 0. The number of halogens is 3. The van der Waals surface area contributed by atoms with Crippen LogP contribution in [0.2, 0.25) is 0 Å². The Bertz CT molecular complexity index is 187. The van der Waals surface area contributed by atoms with Crippen molar-refractivity contribution in [1.82, 2.24) is 0 Å². The van der Waals surface area contributed by atoms with E-state index in [-0.39, 0.29) is 0 Å². The van der Waals surface area contributed by atoms with Crippen LogP contribution in [0.5, 0.6) is 0 Å². The molecule has 0 aromatic carbocycles. The minimum Gasteiger partial charge on any atom is -0.392 e. The second-order valence-electron chi connectivity index (χ2n) is 3.07. The zero-order valence-corrected chi connectivity index (χ0v) is 6.56. The SMILES string of the molecule is OC1CCCCC1C(F)=C(F)F. The third-order valence-electron chi connectivity index (χ3n) is 2.24. The Morgan fingerprint density at radius 2 is 1.67 bits per heavy atom. The van der Waals surface area contributed by atoms with E-state index in [4.69, 9.17) is 0 Å². The van der Waals surface area contributed by atoms with Gasteiger partial charge in [-0.3, -0.25) is 0 Å². The van der Waals surface area contributed by atoms with Crippen LogP contribution < -0.4 is 0 Å². The van der Waals surface area contributed by atoms with Gasteiger partial charge in [0.15, 0.2) is 5.83 Å². The highest BCUT2D eigenvalue weighted by Gasteiger charge is 2.29. The number of hydrogen-bond donors (Lipinski definition) is 1. The summed E-state index contributed by atoms with van der Waals surface area (Å²) in [6.07, 6.45) is -0.974. The largest absolute Gasteiger partial charge is 0.392 e. The standard InChI is InChI=1S/C8H11F3O/c9-7(8(10)11)5-3-1-2-4-6(5)12/h5-6,12H,1-4H2. The van der Waals surface area contributed by atoms with Gasteiger partial charge in [-0.25, -0.2) is 4.39 Å². The minimum absolute atomic E-state index is 0.324. The molecular formula is C8H11F3O. The van der Waals surface area contributed by atoms with Crippen molar-refractivity contribution >= 4 is 0 Å². The molecule has 12 heavy (non-hydrogen) atoms. The lowest BCUT2D eigenvalue weighted by Gasteiger charge is -2.25. The first-order chi connectivity index (χ1) is 5.63. The summed E-state index contributed by atoms with van der Waals surface area (Å²) in [7, 11) is 0. The first-order valence-electron chi connectivity index (χ1n) is 4.01. The maximum atomic E-state index is 12.6. The first-order valence-corrected chi connectivity index (χ1v) is 4.01. The molecule has 0 saturated heterocycles. The molecule has 0 heterocycles. The molecule has 0 aromatic rings. The Morgan fingerprint density at radius 1 is 1.08 bits per heavy atom. The van der Waals surface area contributed by atoms with Gasteiger partial charge in [0, 0.05) is 5.92 Å². The highest BCUT2D eigenvalue weighted by molar-refractivity contribution is 5.01. The molecule has 0 amide bonds. The van der Waals surface area contributed by atoms with Crippen molar-refractivity contribution in [3.05, 3.63) is 11.9 Å². The summed E-state index contributed by atoms with van der Waals surface area (Å²) < 4.78 is 36.2. The monoisotopic (exact) mass is 180 g/mol. The Labute approximate surface area is 68.9 Å². The van der Waals surface area contributed by atoms with Gasteiger partial charge < -0.3 is 5.11 Å². The Kier molecular flexibility index (Phi) is 3.14. The fraction of sp³-hybridized carbons (Fsp3) is 0.750. The third kappa shape index (κ3) is 2.00. The molecule has 2 atom stereocenters. The van der Waals surface area contributed by atoms with Crippen LogP contribution in [0.3, 0.4) is 0 Å². The Morgan fingerprint density at radius 3 is 2.17 bits per heavy atom. The number of aliphatic hydroxyl groups is 1. The van der Waals surface area contributed by atoms with Gasteiger partial charge in [0.25, 0.3) is 0 Å². The lowest BCUT2D eigenvalue weighted by atomic mass is 9.86. The van der Waals surface area contributed by atoms with Gasteiger partial charge in [-0.15, -0.1) is 0 Å². The van der Waals surface area contributed by atoms with Crippen molar-refractivity contribution in [3.63, 3.8) is 0 Å². The molecular weight excluding hydrogens is 169 g/mol. The normalized spacial score (nSPS) is 30.0. The number of hydrogen-bond acceptors (Lipinski definition) is 1. The van der Waals surface area contributed by atoms with Crippen molar-refractivity contribution in [1.29, 1.82) is 0 Å².